The Balaban J connectivity index is 2.83. The molecular weight excluding hydrogens is 240 g/mol. The third-order valence-electron chi connectivity index (χ3n) is 2.55. The molecule has 1 aromatic rings. The second-order valence-corrected chi connectivity index (χ2v) is 4.52. The van der Waals surface area contributed by atoms with Gasteiger partial charge in [-0.15, -0.1) is 0 Å². The van der Waals surface area contributed by atoms with Crippen LogP contribution in [0.5, 0.6) is 0 Å². The summed E-state index contributed by atoms with van der Waals surface area (Å²) in [5, 5.41) is 22.8. The molecule has 0 radical (unpaired) electrons. The van der Waals surface area contributed by atoms with E-state index in [1.807, 2.05) is 13.8 Å². The van der Waals surface area contributed by atoms with Crippen LogP contribution in [-0.4, -0.2) is 39.1 Å². The standard InChI is InChI=1S/C10H16N4O4/c1-10(2,6-18-3)8(12-15)4-13-5-9(11-7-13)14(16)17/h5,7,15H,4,6H2,1-3H3/b12-8-. The second kappa shape index (κ2) is 5.58. The highest BCUT2D eigenvalue weighted by Crippen LogP contribution is 2.20. The van der Waals surface area contributed by atoms with Crippen LogP contribution in [0.25, 0.3) is 0 Å². The highest BCUT2D eigenvalue weighted by molar-refractivity contribution is 5.89. The molecule has 0 saturated heterocycles. The Morgan fingerprint density at radius 3 is 2.83 bits per heavy atom. The van der Waals surface area contributed by atoms with Crippen molar-refractivity contribution in [2.24, 2.45) is 10.6 Å². The summed E-state index contributed by atoms with van der Waals surface area (Å²) in [7, 11) is 1.55. The lowest BCUT2D eigenvalue weighted by Crippen LogP contribution is -2.32. The Labute approximate surface area is 104 Å². The van der Waals surface area contributed by atoms with Crippen LogP contribution in [0.3, 0.4) is 0 Å². The normalized spacial score (nSPS) is 12.7. The third-order valence-corrected chi connectivity index (χ3v) is 2.55. The van der Waals surface area contributed by atoms with Gasteiger partial charge in [-0.05, 0) is 9.91 Å². The average Bonchev–Trinajstić information content (AvgIpc) is 2.74. The van der Waals surface area contributed by atoms with Crippen molar-refractivity contribution in [2.45, 2.75) is 20.4 Å². The van der Waals surface area contributed by atoms with Crippen LogP contribution in [0.1, 0.15) is 13.8 Å². The van der Waals surface area contributed by atoms with Crippen LogP contribution in [0.15, 0.2) is 17.7 Å². The zero-order chi connectivity index (χ0) is 13.8. The Kier molecular flexibility index (Phi) is 4.38. The van der Waals surface area contributed by atoms with Crippen LogP contribution in [0.4, 0.5) is 5.82 Å². The maximum atomic E-state index is 10.5. The molecule has 0 atom stereocenters. The molecule has 1 heterocycles. The topological polar surface area (TPSA) is 103 Å². The molecule has 100 valence electrons. The summed E-state index contributed by atoms with van der Waals surface area (Å²) < 4.78 is 6.54. The molecular formula is C10H16N4O4. The molecule has 0 amide bonds. The van der Waals surface area contributed by atoms with Gasteiger partial charge in [0.15, 0.2) is 0 Å². The molecule has 0 bridgehead atoms. The molecule has 1 aromatic heterocycles. The molecule has 0 unspecified atom stereocenters. The van der Waals surface area contributed by atoms with Gasteiger partial charge in [-0.2, -0.15) is 0 Å². The van der Waals surface area contributed by atoms with E-state index >= 15 is 0 Å². The van der Waals surface area contributed by atoms with Crippen molar-refractivity contribution >= 4 is 11.5 Å². The van der Waals surface area contributed by atoms with Crippen molar-refractivity contribution in [3.63, 3.8) is 0 Å². The monoisotopic (exact) mass is 256 g/mol. The number of methoxy groups -OCH3 is 1. The molecule has 1 N–H and O–H groups in total. The molecule has 1 rings (SSSR count). The minimum absolute atomic E-state index is 0.216. The van der Waals surface area contributed by atoms with Gasteiger partial charge in [-0.1, -0.05) is 19.0 Å². The van der Waals surface area contributed by atoms with Crippen LogP contribution in [0, 0.1) is 15.5 Å². The first-order valence-corrected chi connectivity index (χ1v) is 5.27. The lowest BCUT2D eigenvalue weighted by atomic mass is 9.88. The Morgan fingerprint density at radius 2 is 2.39 bits per heavy atom. The van der Waals surface area contributed by atoms with E-state index in [0.29, 0.717) is 12.3 Å². The molecule has 0 aliphatic carbocycles. The van der Waals surface area contributed by atoms with Gasteiger partial charge in [0.1, 0.15) is 6.20 Å². The summed E-state index contributed by atoms with van der Waals surface area (Å²) in [4.78, 5) is 13.5. The number of rotatable bonds is 6. The fourth-order valence-electron chi connectivity index (χ4n) is 1.53. The summed E-state index contributed by atoms with van der Waals surface area (Å²) in [6.45, 7) is 4.31. The van der Waals surface area contributed by atoms with Crippen LogP contribution >= 0.6 is 0 Å². The van der Waals surface area contributed by atoms with E-state index in [0.717, 1.165) is 0 Å². The van der Waals surface area contributed by atoms with Gasteiger partial charge in [0.2, 0.25) is 6.33 Å². The first-order valence-electron chi connectivity index (χ1n) is 5.27. The summed E-state index contributed by atoms with van der Waals surface area (Å²) in [5.41, 5.74) is -0.0145. The largest absolute Gasteiger partial charge is 0.411 e. The maximum Gasteiger partial charge on any atom is 0.381 e. The Bertz CT molecular complexity index is 452. The SMILES string of the molecule is COCC(C)(C)/C(Cn1cnc([N+](=O)[O-])c1)=N\O. The van der Waals surface area contributed by atoms with E-state index in [1.165, 1.54) is 17.1 Å². The molecule has 0 aliphatic heterocycles. The Hall–Kier alpha value is -1.96. The van der Waals surface area contributed by atoms with E-state index in [-0.39, 0.29) is 12.4 Å². The van der Waals surface area contributed by atoms with Crippen LogP contribution in [0.2, 0.25) is 0 Å². The average molecular weight is 256 g/mol. The first-order chi connectivity index (χ1) is 8.40. The number of hydrogen-bond acceptors (Lipinski definition) is 6. The number of nitro groups is 1. The van der Waals surface area contributed by atoms with Crippen molar-refractivity contribution < 1.29 is 14.9 Å². The highest BCUT2D eigenvalue weighted by atomic mass is 16.6. The second-order valence-electron chi connectivity index (χ2n) is 4.52. The van der Waals surface area contributed by atoms with Crippen molar-refractivity contribution in [3.05, 3.63) is 22.6 Å². The number of aromatic nitrogens is 2. The quantitative estimate of drug-likeness (QED) is 0.357. The third kappa shape index (κ3) is 3.27. The maximum absolute atomic E-state index is 10.5. The molecule has 18 heavy (non-hydrogen) atoms. The van der Waals surface area contributed by atoms with Gasteiger partial charge in [0.25, 0.3) is 0 Å². The van der Waals surface area contributed by atoms with Gasteiger partial charge in [0, 0.05) is 12.5 Å². The molecule has 0 spiro atoms. The number of imidazole rings is 1. The van der Waals surface area contributed by atoms with Gasteiger partial charge in [-0.3, -0.25) is 0 Å². The number of hydrogen-bond donors (Lipinski definition) is 1. The molecule has 0 fully saturated rings. The van der Waals surface area contributed by atoms with E-state index in [2.05, 4.69) is 10.1 Å². The Morgan fingerprint density at radius 1 is 1.72 bits per heavy atom. The van der Waals surface area contributed by atoms with Gasteiger partial charge < -0.3 is 24.6 Å². The van der Waals surface area contributed by atoms with Gasteiger partial charge >= 0.3 is 5.82 Å². The fourth-order valence-corrected chi connectivity index (χ4v) is 1.53. The van der Waals surface area contributed by atoms with Crippen molar-refractivity contribution in [2.75, 3.05) is 13.7 Å². The predicted molar refractivity (Wildman–Crippen MR) is 63.8 cm³/mol. The number of ether oxygens (including phenoxy) is 1. The lowest BCUT2D eigenvalue weighted by Gasteiger charge is -2.24. The lowest BCUT2D eigenvalue weighted by molar-refractivity contribution is -0.389. The zero-order valence-corrected chi connectivity index (χ0v) is 10.5. The molecule has 8 heteroatoms. The number of oxime groups is 1. The van der Waals surface area contributed by atoms with E-state index in [1.54, 1.807) is 7.11 Å². The summed E-state index contributed by atoms with van der Waals surface area (Å²) in [6, 6.07) is 0. The number of nitrogens with zero attached hydrogens (tertiary/aromatic N) is 4. The first kappa shape index (κ1) is 14.1. The summed E-state index contributed by atoms with van der Waals surface area (Å²) in [6.07, 6.45) is 2.61. The van der Waals surface area contributed by atoms with Gasteiger partial charge in [-0.25, -0.2) is 0 Å². The fraction of sp³-hybridized carbons (Fsp3) is 0.600. The summed E-state index contributed by atoms with van der Waals surface area (Å²) in [5.74, 6) is -0.239. The van der Waals surface area contributed by atoms with Crippen molar-refractivity contribution in [1.82, 2.24) is 9.55 Å². The molecule has 8 nitrogen and oxygen atoms in total. The smallest absolute Gasteiger partial charge is 0.381 e. The van der Waals surface area contributed by atoms with Gasteiger partial charge in [0.05, 0.1) is 18.9 Å². The zero-order valence-electron chi connectivity index (χ0n) is 10.5. The van der Waals surface area contributed by atoms with Crippen LogP contribution in [-0.2, 0) is 11.3 Å². The molecule has 0 aliphatic rings. The van der Waals surface area contributed by atoms with E-state index < -0.39 is 10.3 Å². The molecule has 0 saturated carbocycles. The van der Waals surface area contributed by atoms with E-state index in [9.17, 15) is 10.1 Å². The minimum Gasteiger partial charge on any atom is -0.411 e. The molecule has 0 aromatic carbocycles. The minimum atomic E-state index is -0.577. The summed E-state index contributed by atoms with van der Waals surface area (Å²) >= 11 is 0. The highest BCUT2D eigenvalue weighted by Gasteiger charge is 2.26. The van der Waals surface area contributed by atoms with Crippen LogP contribution < -0.4 is 0 Å². The van der Waals surface area contributed by atoms with Crippen molar-refractivity contribution in [3.8, 4) is 0 Å². The van der Waals surface area contributed by atoms with E-state index in [4.69, 9.17) is 9.94 Å². The van der Waals surface area contributed by atoms with Crippen molar-refractivity contribution in [1.29, 1.82) is 0 Å². The predicted octanol–water partition coefficient (Wildman–Crippen LogP) is 1.29.